The lowest BCUT2D eigenvalue weighted by molar-refractivity contribution is -0.148. The first-order valence-corrected chi connectivity index (χ1v) is 11.6. The smallest absolute Gasteiger partial charge is 0.308 e. The zero-order chi connectivity index (χ0) is 23.8. The van der Waals surface area contributed by atoms with Crippen LogP contribution in [0.5, 0.6) is 5.75 Å². The number of hydrogen-bond donors (Lipinski definition) is 1. The van der Waals surface area contributed by atoms with E-state index in [-0.39, 0.29) is 25.1 Å². The maximum atomic E-state index is 11.7. The highest BCUT2D eigenvalue weighted by Crippen LogP contribution is 2.31. The van der Waals surface area contributed by atoms with Crippen LogP contribution in [0.25, 0.3) is 22.3 Å². The monoisotopic (exact) mass is 446 g/mol. The number of rotatable bonds is 10. The van der Waals surface area contributed by atoms with Crippen LogP contribution in [0.4, 0.5) is 0 Å². The lowest BCUT2D eigenvalue weighted by Gasteiger charge is -2.14. The molecule has 0 aliphatic heterocycles. The van der Waals surface area contributed by atoms with Crippen molar-refractivity contribution in [2.45, 2.75) is 40.5 Å². The molecule has 0 radical (unpaired) electrons. The van der Waals surface area contributed by atoms with E-state index >= 15 is 0 Å². The number of esters is 1. The SMILES string of the molecule is Cc1ccc(-c2ccc(-c3ccc(CCCO)c(OCCOC(=O)C(C)C)c3)cc2)c(C)c1. The summed E-state index contributed by atoms with van der Waals surface area (Å²) in [6.45, 7) is 8.51. The zero-order valence-corrected chi connectivity index (χ0v) is 20.1. The largest absolute Gasteiger partial charge is 0.490 e. The van der Waals surface area contributed by atoms with Crippen LogP contribution in [0, 0.1) is 19.8 Å². The van der Waals surface area contributed by atoms with E-state index in [4.69, 9.17) is 9.47 Å². The number of benzene rings is 3. The van der Waals surface area contributed by atoms with Gasteiger partial charge in [-0.3, -0.25) is 4.79 Å². The Hall–Kier alpha value is -3.11. The van der Waals surface area contributed by atoms with Crippen LogP contribution < -0.4 is 4.74 Å². The minimum Gasteiger partial charge on any atom is -0.490 e. The number of carbonyl (C=O) groups is 1. The summed E-state index contributed by atoms with van der Waals surface area (Å²) in [6, 6.07) is 21.3. The molecular weight excluding hydrogens is 412 g/mol. The summed E-state index contributed by atoms with van der Waals surface area (Å²) in [4.78, 5) is 11.7. The third kappa shape index (κ3) is 6.69. The van der Waals surface area contributed by atoms with Gasteiger partial charge in [-0.1, -0.05) is 74.0 Å². The van der Waals surface area contributed by atoms with Gasteiger partial charge in [0, 0.05) is 6.61 Å². The quantitative estimate of drug-likeness (QED) is 0.300. The van der Waals surface area contributed by atoms with Gasteiger partial charge in [-0.05, 0) is 66.1 Å². The molecule has 3 rings (SSSR count). The maximum Gasteiger partial charge on any atom is 0.308 e. The second-order valence-electron chi connectivity index (χ2n) is 8.72. The molecule has 0 aromatic heterocycles. The Morgan fingerprint density at radius 1 is 0.879 bits per heavy atom. The number of aryl methyl sites for hydroxylation is 3. The van der Waals surface area contributed by atoms with Crippen LogP contribution in [-0.2, 0) is 16.0 Å². The van der Waals surface area contributed by atoms with Crippen LogP contribution >= 0.6 is 0 Å². The van der Waals surface area contributed by atoms with Gasteiger partial charge in [-0.2, -0.15) is 0 Å². The predicted octanol–water partition coefficient (Wildman–Crippen LogP) is 6.14. The van der Waals surface area contributed by atoms with E-state index < -0.39 is 0 Å². The molecule has 0 amide bonds. The zero-order valence-electron chi connectivity index (χ0n) is 20.1. The molecule has 0 heterocycles. The minimum absolute atomic E-state index is 0.132. The van der Waals surface area contributed by atoms with Crippen molar-refractivity contribution in [1.82, 2.24) is 0 Å². The molecular formula is C29H34O4. The van der Waals surface area contributed by atoms with Crippen molar-refractivity contribution in [1.29, 1.82) is 0 Å². The van der Waals surface area contributed by atoms with E-state index in [2.05, 4.69) is 68.4 Å². The Kier molecular flexibility index (Phi) is 8.67. The molecule has 0 fully saturated rings. The maximum absolute atomic E-state index is 11.7. The summed E-state index contributed by atoms with van der Waals surface area (Å²) in [5.41, 5.74) is 8.17. The second kappa shape index (κ2) is 11.7. The molecule has 174 valence electrons. The van der Waals surface area contributed by atoms with Crippen molar-refractivity contribution in [3.8, 4) is 28.0 Å². The van der Waals surface area contributed by atoms with Crippen molar-refractivity contribution in [3.05, 3.63) is 77.4 Å². The first-order valence-electron chi connectivity index (χ1n) is 11.6. The second-order valence-corrected chi connectivity index (χ2v) is 8.72. The molecule has 4 nitrogen and oxygen atoms in total. The van der Waals surface area contributed by atoms with E-state index in [1.807, 2.05) is 19.9 Å². The molecule has 1 N–H and O–H groups in total. The summed E-state index contributed by atoms with van der Waals surface area (Å²) >= 11 is 0. The molecule has 0 bridgehead atoms. The van der Waals surface area contributed by atoms with Gasteiger partial charge in [-0.15, -0.1) is 0 Å². The number of aliphatic hydroxyl groups excluding tert-OH is 1. The highest BCUT2D eigenvalue weighted by molar-refractivity contribution is 5.73. The standard InChI is InChI=1S/C29H34O4/c1-20(2)29(31)33-17-16-32-28-19-26(13-12-25(28)6-5-15-30)23-8-10-24(11-9-23)27-14-7-21(3)18-22(27)4/h7-14,18-20,30H,5-6,15-17H2,1-4H3. The third-order valence-corrected chi connectivity index (χ3v) is 5.64. The van der Waals surface area contributed by atoms with Crippen molar-refractivity contribution < 1.29 is 19.4 Å². The van der Waals surface area contributed by atoms with Gasteiger partial charge in [0.2, 0.25) is 0 Å². The van der Waals surface area contributed by atoms with Gasteiger partial charge in [0.05, 0.1) is 5.92 Å². The topological polar surface area (TPSA) is 55.8 Å². The number of hydrogen-bond acceptors (Lipinski definition) is 4. The normalized spacial score (nSPS) is 11.0. The fourth-order valence-electron chi connectivity index (χ4n) is 3.78. The summed E-state index contributed by atoms with van der Waals surface area (Å²) in [6.07, 6.45) is 1.40. The summed E-state index contributed by atoms with van der Waals surface area (Å²) in [5, 5.41) is 9.23. The molecule has 0 spiro atoms. The fraction of sp³-hybridized carbons (Fsp3) is 0.345. The number of aliphatic hydroxyl groups is 1. The highest BCUT2D eigenvalue weighted by atomic mass is 16.6. The first kappa shape index (κ1) is 24.5. The fourth-order valence-corrected chi connectivity index (χ4v) is 3.78. The molecule has 0 aliphatic carbocycles. The molecule has 4 heteroatoms. The van der Waals surface area contributed by atoms with E-state index in [1.54, 1.807) is 0 Å². The Morgan fingerprint density at radius 2 is 1.58 bits per heavy atom. The van der Waals surface area contributed by atoms with Crippen LogP contribution in [0.2, 0.25) is 0 Å². The van der Waals surface area contributed by atoms with Crippen LogP contribution in [-0.4, -0.2) is 30.9 Å². The number of carbonyl (C=O) groups excluding carboxylic acids is 1. The molecule has 3 aromatic rings. The van der Waals surface area contributed by atoms with Gasteiger partial charge in [0.1, 0.15) is 19.0 Å². The Morgan fingerprint density at radius 3 is 2.24 bits per heavy atom. The van der Waals surface area contributed by atoms with E-state index in [0.29, 0.717) is 13.0 Å². The molecule has 0 saturated carbocycles. The van der Waals surface area contributed by atoms with Crippen LogP contribution in [0.3, 0.4) is 0 Å². The molecule has 0 saturated heterocycles. The molecule has 33 heavy (non-hydrogen) atoms. The van der Waals surface area contributed by atoms with Crippen LogP contribution in [0.15, 0.2) is 60.7 Å². The molecule has 0 unspecified atom stereocenters. The van der Waals surface area contributed by atoms with Crippen molar-refractivity contribution >= 4 is 5.97 Å². The minimum atomic E-state index is -0.225. The van der Waals surface area contributed by atoms with Gasteiger partial charge < -0.3 is 14.6 Å². The van der Waals surface area contributed by atoms with Crippen molar-refractivity contribution in [2.75, 3.05) is 19.8 Å². The van der Waals surface area contributed by atoms with E-state index in [1.165, 1.54) is 22.3 Å². The first-order chi connectivity index (χ1) is 15.9. The highest BCUT2D eigenvalue weighted by Gasteiger charge is 2.11. The van der Waals surface area contributed by atoms with Gasteiger partial charge in [-0.25, -0.2) is 0 Å². The van der Waals surface area contributed by atoms with Crippen molar-refractivity contribution in [3.63, 3.8) is 0 Å². The summed E-state index contributed by atoms with van der Waals surface area (Å²) < 4.78 is 11.2. The number of ether oxygens (including phenoxy) is 2. The Bertz CT molecular complexity index is 1070. The summed E-state index contributed by atoms with van der Waals surface area (Å²) in [5.74, 6) is 0.386. The average molecular weight is 447 g/mol. The molecule has 3 aromatic carbocycles. The van der Waals surface area contributed by atoms with Crippen molar-refractivity contribution in [2.24, 2.45) is 5.92 Å². The van der Waals surface area contributed by atoms with E-state index in [9.17, 15) is 9.90 Å². The molecule has 0 aliphatic rings. The average Bonchev–Trinajstić information content (AvgIpc) is 2.81. The Balaban J connectivity index is 1.77. The Labute approximate surface area is 197 Å². The van der Waals surface area contributed by atoms with E-state index in [0.717, 1.165) is 28.9 Å². The predicted molar refractivity (Wildman–Crippen MR) is 133 cm³/mol. The molecule has 0 atom stereocenters. The van der Waals surface area contributed by atoms with Gasteiger partial charge in [0.15, 0.2) is 0 Å². The summed E-state index contributed by atoms with van der Waals surface area (Å²) in [7, 11) is 0. The third-order valence-electron chi connectivity index (χ3n) is 5.64. The lowest BCUT2D eigenvalue weighted by atomic mass is 9.95. The van der Waals surface area contributed by atoms with Gasteiger partial charge >= 0.3 is 5.97 Å². The lowest BCUT2D eigenvalue weighted by Crippen LogP contribution is -2.16. The van der Waals surface area contributed by atoms with Gasteiger partial charge in [0.25, 0.3) is 0 Å². The van der Waals surface area contributed by atoms with Crippen LogP contribution in [0.1, 0.15) is 37.0 Å².